The molecule has 0 radical (unpaired) electrons. The number of carbonyl (C=O) groups is 3. The fourth-order valence-electron chi connectivity index (χ4n) is 5.38. The van der Waals surface area contributed by atoms with Gasteiger partial charge in [0.05, 0.1) is 17.7 Å². The minimum absolute atomic E-state index is 0.0276. The lowest BCUT2D eigenvalue weighted by molar-refractivity contribution is -0.133. The number of hydrogen-bond acceptors (Lipinski definition) is 5. The van der Waals surface area contributed by atoms with Crippen LogP contribution in [-0.4, -0.2) is 66.8 Å². The van der Waals surface area contributed by atoms with Crippen LogP contribution < -0.4 is 10.2 Å². The Bertz CT molecular complexity index is 1260. The topological polar surface area (TPSA) is 86.1 Å². The van der Waals surface area contributed by atoms with Crippen molar-refractivity contribution in [3.05, 3.63) is 83.8 Å². The molecule has 8 heteroatoms. The van der Waals surface area contributed by atoms with Gasteiger partial charge in [0.1, 0.15) is 0 Å². The summed E-state index contributed by atoms with van der Waals surface area (Å²) in [6, 6.07) is 18.7. The number of nitrogens with zero attached hydrogens (tertiary/aromatic N) is 3. The largest absolute Gasteiger partial charge is 0.459 e. The Hall–Kier alpha value is -4.07. The highest BCUT2D eigenvalue weighted by Gasteiger charge is 2.30. The van der Waals surface area contributed by atoms with Gasteiger partial charge in [-0.3, -0.25) is 14.4 Å². The lowest BCUT2D eigenvalue weighted by Crippen LogP contribution is -2.50. The highest BCUT2D eigenvalue weighted by Crippen LogP contribution is 2.29. The highest BCUT2D eigenvalue weighted by atomic mass is 16.3. The number of rotatable bonds is 7. The Morgan fingerprint density at radius 2 is 1.61 bits per heavy atom. The van der Waals surface area contributed by atoms with Crippen molar-refractivity contribution in [2.24, 2.45) is 0 Å². The zero-order valence-corrected chi connectivity index (χ0v) is 21.8. The first kappa shape index (κ1) is 25.6. The minimum atomic E-state index is -0.363. The Kier molecular flexibility index (Phi) is 7.77. The van der Waals surface area contributed by atoms with Gasteiger partial charge in [0.15, 0.2) is 5.76 Å². The van der Waals surface area contributed by atoms with E-state index in [0.29, 0.717) is 37.4 Å². The number of furan rings is 1. The van der Waals surface area contributed by atoms with Gasteiger partial charge in [-0.2, -0.15) is 0 Å². The number of carbonyl (C=O) groups excluding carboxylic acids is 3. The standard InChI is InChI=1S/C30H34N4O4/c1-2-24(22-9-4-3-5-10-22)29(36)34-18-16-32(17-19-34)26-13-12-23(31-28(35)27-11-8-20-38-27)21-25(26)30(37)33-14-6-7-15-33/h3-5,8-13,20-21,24H,2,6-7,14-19H2,1H3,(H,31,35)/t24-/m1/s1. The highest BCUT2D eigenvalue weighted by molar-refractivity contribution is 6.05. The van der Waals surface area contributed by atoms with E-state index in [1.165, 1.54) is 6.26 Å². The van der Waals surface area contributed by atoms with Crippen molar-refractivity contribution < 1.29 is 18.8 Å². The van der Waals surface area contributed by atoms with Crippen molar-refractivity contribution in [2.75, 3.05) is 49.5 Å². The maximum absolute atomic E-state index is 13.5. The fourth-order valence-corrected chi connectivity index (χ4v) is 5.38. The molecule has 8 nitrogen and oxygen atoms in total. The second-order valence-corrected chi connectivity index (χ2v) is 9.85. The van der Waals surface area contributed by atoms with Crippen LogP contribution in [0.4, 0.5) is 11.4 Å². The van der Waals surface area contributed by atoms with Gasteiger partial charge in [0.2, 0.25) is 5.91 Å². The second-order valence-electron chi connectivity index (χ2n) is 9.85. The Balaban J connectivity index is 1.33. The van der Waals surface area contributed by atoms with E-state index in [1.807, 2.05) is 59.2 Å². The van der Waals surface area contributed by atoms with Crippen molar-refractivity contribution in [2.45, 2.75) is 32.1 Å². The van der Waals surface area contributed by atoms with E-state index < -0.39 is 0 Å². The predicted octanol–water partition coefficient (Wildman–Crippen LogP) is 4.61. The van der Waals surface area contributed by atoms with Crippen LogP contribution in [0.2, 0.25) is 0 Å². The second kappa shape index (κ2) is 11.5. The number of hydrogen-bond donors (Lipinski definition) is 1. The average molecular weight is 515 g/mol. The Labute approximate surface area is 223 Å². The average Bonchev–Trinajstić information content (AvgIpc) is 3.69. The van der Waals surface area contributed by atoms with Crippen molar-refractivity contribution in [3.8, 4) is 0 Å². The van der Waals surface area contributed by atoms with Crippen LogP contribution in [0.1, 0.15) is 58.6 Å². The molecule has 38 heavy (non-hydrogen) atoms. The van der Waals surface area contributed by atoms with Crippen LogP contribution in [0.15, 0.2) is 71.3 Å². The van der Waals surface area contributed by atoms with Gasteiger partial charge in [-0.25, -0.2) is 0 Å². The molecule has 0 aliphatic carbocycles. The molecule has 2 aromatic carbocycles. The molecule has 3 aromatic rings. The predicted molar refractivity (Wildman–Crippen MR) is 147 cm³/mol. The summed E-state index contributed by atoms with van der Waals surface area (Å²) < 4.78 is 5.20. The molecule has 0 saturated carbocycles. The van der Waals surface area contributed by atoms with Gasteiger partial charge < -0.3 is 24.4 Å². The van der Waals surface area contributed by atoms with E-state index in [-0.39, 0.29) is 29.4 Å². The molecule has 0 bridgehead atoms. The number of amides is 3. The van der Waals surface area contributed by atoms with Crippen molar-refractivity contribution >= 4 is 29.1 Å². The molecule has 1 N–H and O–H groups in total. The zero-order valence-electron chi connectivity index (χ0n) is 21.8. The lowest BCUT2D eigenvalue weighted by atomic mass is 9.94. The quantitative estimate of drug-likeness (QED) is 0.498. The Morgan fingerprint density at radius 3 is 2.26 bits per heavy atom. The smallest absolute Gasteiger partial charge is 0.291 e. The summed E-state index contributed by atoms with van der Waals surface area (Å²) in [5.74, 6) is -0.170. The number of nitrogens with one attached hydrogen (secondary N) is 1. The van der Waals surface area contributed by atoms with Gasteiger partial charge in [0, 0.05) is 50.6 Å². The van der Waals surface area contributed by atoms with Crippen LogP contribution in [0.5, 0.6) is 0 Å². The Morgan fingerprint density at radius 1 is 0.868 bits per heavy atom. The monoisotopic (exact) mass is 514 g/mol. The summed E-state index contributed by atoms with van der Waals surface area (Å²) in [7, 11) is 0. The first-order valence-corrected chi connectivity index (χ1v) is 13.4. The number of likely N-dealkylation sites (tertiary alicyclic amines) is 1. The molecule has 3 amide bonds. The SMILES string of the molecule is CC[C@@H](C(=O)N1CCN(c2ccc(NC(=O)c3ccco3)cc2C(=O)N2CCCC2)CC1)c1ccccc1. The van der Waals surface area contributed by atoms with Crippen molar-refractivity contribution in [1.29, 1.82) is 0 Å². The van der Waals surface area contributed by atoms with Crippen LogP contribution in [0, 0.1) is 0 Å². The van der Waals surface area contributed by atoms with Crippen LogP contribution >= 0.6 is 0 Å². The number of anilines is 2. The molecule has 1 aromatic heterocycles. The van der Waals surface area contributed by atoms with Gasteiger partial charge in [-0.1, -0.05) is 37.3 Å². The molecule has 0 unspecified atom stereocenters. The first-order chi connectivity index (χ1) is 18.5. The van der Waals surface area contributed by atoms with Crippen LogP contribution in [-0.2, 0) is 4.79 Å². The molecule has 5 rings (SSSR count). The molecule has 1 atom stereocenters. The van der Waals surface area contributed by atoms with Crippen LogP contribution in [0.25, 0.3) is 0 Å². The summed E-state index contributed by atoms with van der Waals surface area (Å²) in [6.07, 6.45) is 4.20. The molecular formula is C30H34N4O4. The summed E-state index contributed by atoms with van der Waals surface area (Å²) in [5, 5.41) is 2.84. The van der Waals surface area contributed by atoms with Crippen LogP contribution in [0.3, 0.4) is 0 Å². The maximum Gasteiger partial charge on any atom is 0.291 e. The molecule has 2 aliphatic heterocycles. The normalized spacial score (nSPS) is 16.4. The van der Waals surface area contributed by atoms with Gasteiger partial charge in [-0.15, -0.1) is 0 Å². The molecule has 198 valence electrons. The van der Waals surface area contributed by atoms with Gasteiger partial charge >= 0.3 is 0 Å². The third kappa shape index (κ3) is 5.44. The van der Waals surface area contributed by atoms with E-state index in [4.69, 9.17) is 4.42 Å². The minimum Gasteiger partial charge on any atom is -0.459 e. The summed E-state index contributed by atoms with van der Waals surface area (Å²) in [4.78, 5) is 45.4. The van der Waals surface area contributed by atoms with E-state index >= 15 is 0 Å². The molecule has 2 fully saturated rings. The van der Waals surface area contributed by atoms with Gasteiger partial charge in [-0.05, 0) is 55.2 Å². The molecule has 0 spiro atoms. The van der Waals surface area contributed by atoms with Gasteiger partial charge in [0.25, 0.3) is 11.8 Å². The molecule has 2 saturated heterocycles. The summed E-state index contributed by atoms with van der Waals surface area (Å²) in [5.41, 5.74) is 2.99. The summed E-state index contributed by atoms with van der Waals surface area (Å²) >= 11 is 0. The lowest BCUT2D eigenvalue weighted by Gasteiger charge is -2.38. The third-order valence-corrected chi connectivity index (χ3v) is 7.46. The molecule has 3 heterocycles. The zero-order chi connectivity index (χ0) is 26.5. The van der Waals surface area contributed by atoms with Crippen molar-refractivity contribution in [3.63, 3.8) is 0 Å². The summed E-state index contributed by atoms with van der Waals surface area (Å²) in [6.45, 7) is 5.98. The number of benzene rings is 2. The van der Waals surface area contributed by atoms with E-state index in [0.717, 1.165) is 43.6 Å². The fraction of sp³-hybridized carbons (Fsp3) is 0.367. The molecule has 2 aliphatic rings. The molecular weight excluding hydrogens is 480 g/mol. The van der Waals surface area contributed by atoms with E-state index in [9.17, 15) is 14.4 Å². The van der Waals surface area contributed by atoms with E-state index in [1.54, 1.807) is 18.2 Å². The van der Waals surface area contributed by atoms with E-state index in [2.05, 4.69) is 10.2 Å². The number of piperazine rings is 1. The van der Waals surface area contributed by atoms with Crippen molar-refractivity contribution in [1.82, 2.24) is 9.80 Å². The maximum atomic E-state index is 13.5. The third-order valence-electron chi connectivity index (χ3n) is 7.46. The first-order valence-electron chi connectivity index (χ1n) is 13.4.